The Bertz CT molecular complexity index is 352. The summed E-state index contributed by atoms with van der Waals surface area (Å²) in [6.07, 6.45) is 3.25. The van der Waals surface area contributed by atoms with E-state index in [9.17, 15) is 0 Å². The number of quaternary nitrogens is 1. The first kappa shape index (κ1) is 14.4. The van der Waals surface area contributed by atoms with Crippen molar-refractivity contribution in [2.75, 3.05) is 40.1 Å². The van der Waals surface area contributed by atoms with E-state index in [1.807, 2.05) is 6.08 Å². The van der Waals surface area contributed by atoms with Gasteiger partial charge in [-0.2, -0.15) is 0 Å². The Balaban J connectivity index is 2.58. The second-order valence-corrected chi connectivity index (χ2v) is 8.17. The minimum atomic E-state index is 0.224. The molecule has 0 N–H and O–H groups in total. The van der Waals surface area contributed by atoms with Crippen molar-refractivity contribution in [2.45, 2.75) is 6.54 Å². The molecular weight excluding hydrogens is 225 g/mol. The third kappa shape index (κ3) is 5.48. The molecule has 0 aliphatic carbocycles. The summed E-state index contributed by atoms with van der Waals surface area (Å²) in [4.78, 5) is 0. The molecule has 0 bridgehead atoms. The van der Waals surface area contributed by atoms with Crippen molar-refractivity contribution in [2.24, 2.45) is 0 Å². The maximum Gasteiger partial charge on any atom is 0.104 e. The molecule has 0 heterocycles. The van der Waals surface area contributed by atoms with E-state index >= 15 is 0 Å². The Labute approximate surface area is 107 Å². The molecule has 0 aliphatic heterocycles. The maximum absolute atomic E-state index is 3.78. The molecule has 1 nitrogen and oxygen atoms in total. The van der Waals surface area contributed by atoms with Gasteiger partial charge in [0, 0.05) is 11.7 Å². The van der Waals surface area contributed by atoms with E-state index in [1.54, 1.807) is 0 Å². The van der Waals surface area contributed by atoms with Gasteiger partial charge < -0.3 is 4.48 Å². The van der Waals surface area contributed by atoms with Gasteiger partial charge in [-0.05, 0) is 18.9 Å². The highest BCUT2D eigenvalue weighted by Gasteiger charge is 2.15. The quantitative estimate of drug-likeness (QED) is 0.534. The molecule has 0 fully saturated rings. The van der Waals surface area contributed by atoms with Crippen molar-refractivity contribution in [1.82, 2.24) is 0 Å². The van der Waals surface area contributed by atoms with Crippen LogP contribution in [0.15, 0.2) is 30.8 Å². The second-order valence-electron chi connectivity index (χ2n) is 5.57. The smallest absolute Gasteiger partial charge is 0.104 e. The minimum Gasteiger partial charge on any atom is -0.324 e. The van der Waals surface area contributed by atoms with Crippen LogP contribution in [-0.2, 0) is 6.54 Å². The van der Waals surface area contributed by atoms with E-state index in [1.165, 1.54) is 23.8 Å². The van der Waals surface area contributed by atoms with Gasteiger partial charge in [-0.1, -0.05) is 36.9 Å². The summed E-state index contributed by atoms with van der Waals surface area (Å²) in [5, 5.41) is 0. The molecule has 2 heteroatoms. The van der Waals surface area contributed by atoms with Gasteiger partial charge in [-0.3, -0.25) is 0 Å². The van der Waals surface area contributed by atoms with Crippen LogP contribution < -0.4 is 0 Å². The van der Waals surface area contributed by atoms with Gasteiger partial charge in [0.2, 0.25) is 0 Å². The zero-order valence-electron chi connectivity index (χ0n) is 11.6. The van der Waals surface area contributed by atoms with Gasteiger partial charge in [-0.15, -0.1) is 7.92 Å². The molecule has 0 saturated heterocycles. The van der Waals surface area contributed by atoms with E-state index in [-0.39, 0.29) is 7.92 Å². The lowest BCUT2D eigenvalue weighted by atomic mass is 10.1. The number of hydrogen-bond donors (Lipinski definition) is 0. The molecule has 1 aromatic rings. The zero-order valence-corrected chi connectivity index (χ0v) is 12.5. The van der Waals surface area contributed by atoms with Crippen molar-refractivity contribution in [3.05, 3.63) is 42.0 Å². The van der Waals surface area contributed by atoms with E-state index in [0.717, 1.165) is 11.0 Å². The van der Waals surface area contributed by atoms with Crippen molar-refractivity contribution in [3.8, 4) is 0 Å². The predicted molar refractivity (Wildman–Crippen MR) is 80.8 cm³/mol. The normalized spacial score (nSPS) is 11.8. The molecule has 0 atom stereocenters. The topological polar surface area (TPSA) is 0 Å². The molecule has 0 unspecified atom stereocenters. The van der Waals surface area contributed by atoms with Crippen LogP contribution >= 0.6 is 7.92 Å². The van der Waals surface area contributed by atoms with E-state index in [4.69, 9.17) is 0 Å². The Morgan fingerprint density at radius 2 is 1.76 bits per heavy atom. The van der Waals surface area contributed by atoms with Crippen LogP contribution in [0.1, 0.15) is 11.1 Å². The summed E-state index contributed by atoms with van der Waals surface area (Å²) in [5.41, 5.74) is 2.61. The number of benzene rings is 1. The van der Waals surface area contributed by atoms with Crippen LogP contribution in [0.25, 0.3) is 6.08 Å². The van der Waals surface area contributed by atoms with Crippen molar-refractivity contribution < 1.29 is 4.48 Å². The number of hydrogen-bond acceptors (Lipinski definition) is 0. The first-order chi connectivity index (χ1) is 7.93. The standard InChI is InChI=1S/C15H25NP/c1-6-14-7-9-15(10-8-14)13-16(2,3)11-12-17(4)5/h6-10H,1,11-13H2,2-5H3/q+1. The highest BCUT2D eigenvalue weighted by molar-refractivity contribution is 7.55. The molecular formula is C15H25NP+. The third-order valence-electron chi connectivity index (χ3n) is 2.98. The average Bonchev–Trinajstić information content (AvgIpc) is 2.27. The first-order valence-electron chi connectivity index (χ1n) is 6.11. The molecule has 0 saturated carbocycles. The van der Waals surface area contributed by atoms with Crippen LogP contribution in [0.4, 0.5) is 0 Å². The molecule has 0 amide bonds. The highest BCUT2D eigenvalue weighted by atomic mass is 31.1. The van der Waals surface area contributed by atoms with Crippen molar-refractivity contribution in [3.63, 3.8) is 0 Å². The summed E-state index contributed by atoms with van der Waals surface area (Å²) in [6, 6.07) is 8.74. The van der Waals surface area contributed by atoms with Gasteiger partial charge >= 0.3 is 0 Å². The van der Waals surface area contributed by atoms with Crippen LogP contribution in [0.2, 0.25) is 0 Å². The minimum absolute atomic E-state index is 0.224. The molecule has 0 radical (unpaired) electrons. The maximum atomic E-state index is 3.78. The fourth-order valence-corrected chi connectivity index (χ4v) is 2.74. The van der Waals surface area contributed by atoms with E-state index in [2.05, 4.69) is 58.3 Å². The Hall–Kier alpha value is -0.650. The number of nitrogens with zero attached hydrogens (tertiary/aromatic N) is 1. The van der Waals surface area contributed by atoms with E-state index in [0.29, 0.717) is 0 Å². The van der Waals surface area contributed by atoms with Crippen molar-refractivity contribution in [1.29, 1.82) is 0 Å². The molecule has 1 rings (SSSR count). The van der Waals surface area contributed by atoms with Crippen LogP contribution in [0.5, 0.6) is 0 Å². The predicted octanol–water partition coefficient (Wildman–Crippen LogP) is 3.65. The number of rotatable bonds is 6. The van der Waals surface area contributed by atoms with Crippen LogP contribution in [0, 0.1) is 0 Å². The summed E-state index contributed by atoms with van der Waals surface area (Å²) in [5.74, 6) is 0. The van der Waals surface area contributed by atoms with E-state index < -0.39 is 0 Å². The van der Waals surface area contributed by atoms with Gasteiger partial charge in [0.1, 0.15) is 6.54 Å². The van der Waals surface area contributed by atoms with Gasteiger partial charge in [0.15, 0.2) is 0 Å². The van der Waals surface area contributed by atoms with Gasteiger partial charge in [-0.25, -0.2) is 0 Å². The molecule has 0 aliphatic rings. The second kappa shape index (κ2) is 6.33. The molecule has 17 heavy (non-hydrogen) atoms. The lowest BCUT2D eigenvalue weighted by Gasteiger charge is -2.30. The zero-order chi connectivity index (χ0) is 12.9. The average molecular weight is 250 g/mol. The lowest BCUT2D eigenvalue weighted by molar-refractivity contribution is -0.901. The monoisotopic (exact) mass is 250 g/mol. The third-order valence-corrected chi connectivity index (χ3v) is 4.07. The molecule has 0 aromatic heterocycles. The largest absolute Gasteiger partial charge is 0.324 e. The SMILES string of the molecule is C=Cc1ccc(C[N+](C)(C)CCP(C)C)cc1. The molecule has 1 aromatic carbocycles. The fraction of sp³-hybridized carbons (Fsp3) is 0.467. The molecule has 94 valence electrons. The summed E-state index contributed by atoms with van der Waals surface area (Å²) < 4.78 is 1.08. The Morgan fingerprint density at radius 1 is 1.18 bits per heavy atom. The summed E-state index contributed by atoms with van der Waals surface area (Å²) >= 11 is 0. The van der Waals surface area contributed by atoms with Crippen LogP contribution in [0.3, 0.4) is 0 Å². The lowest BCUT2D eigenvalue weighted by Crippen LogP contribution is -2.40. The Morgan fingerprint density at radius 3 is 2.24 bits per heavy atom. The van der Waals surface area contributed by atoms with Gasteiger partial charge in [0.25, 0.3) is 0 Å². The van der Waals surface area contributed by atoms with Gasteiger partial charge in [0.05, 0.1) is 20.6 Å². The molecule has 0 spiro atoms. The highest BCUT2D eigenvalue weighted by Crippen LogP contribution is 2.25. The van der Waals surface area contributed by atoms with Crippen molar-refractivity contribution >= 4 is 14.0 Å². The fourth-order valence-electron chi connectivity index (χ4n) is 1.80. The first-order valence-corrected chi connectivity index (χ1v) is 8.53. The van der Waals surface area contributed by atoms with Crippen LogP contribution in [-0.4, -0.2) is 44.6 Å². The summed E-state index contributed by atoms with van der Waals surface area (Å²) in [7, 11) is 4.86. The summed E-state index contributed by atoms with van der Waals surface area (Å²) in [6.45, 7) is 10.9. The Kier molecular flexibility index (Phi) is 5.36.